The minimum atomic E-state index is -0.751. The van der Waals surface area contributed by atoms with E-state index in [1.165, 1.54) is 18.5 Å². The molecule has 1 aromatic carbocycles. The maximum Gasteiger partial charge on any atom is 0.272 e. The number of halogens is 2. The number of carbonyl (C=O) groups excluding carboxylic acids is 1. The first-order chi connectivity index (χ1) is 9.18. The topological polar surface area (TPSA) is 54.4 Å². The molecule has 6 heteroatoms. The SMILES string of the molecule is O=C(NN=Cc1c(F)cccc1F)c1cccnc1. The third-order valence-corrected chi connectivity index (χ3v) is 2.28. The molecule has 0 aliphatic carbocycles. The highest BCUT2D eigenvalue weighted by molar-refractivity contribution is 5.94. The molecule has 0 aliphatic rings. The van der Waals surface area contributed by atoms with E-state index >= 15 is 0 Å². The third kappa shape index (κ3) is 3.19. The van der Waals surface area contributed by atoms with Gasteiger partial charge in [0, 0.05) is 12.4 Å². The molecule has 2 aromatic rings. The van der Waals surface area contributed by atoms with Crippen LogP contribution in [-0.2, 0) is 0 Å². The highest BCUT2D eigenvalue weighted by atomic mass is 19.1. The zero-order valence-corrected chi connectivity index (χ0v) is 9.68. The van der Waals surface area contributed by atoms with Gasteiger partial charge in [0.25, 0.3) is 5.91 Å². The van der Waals surface area contributed by atoms with E-state index in [-0.39, 0.29) is 5.56 Å². The van der Waals surface area contributed by atoms with Crippen molar-refractivity contribution in [3.8, 4) is 0 Å². The Morgan fingerprint density at radius 3 is 2.58 bits per heavy atom. The molecule has 0 aliphatic heterocycles. The fraction of sp³-hybridized carbons (Fsp3) is 0. The molecule has 1 heterocycles. The van der Waals surface area contributed by atoms with Crippen molar-refractivity contribution < 1.29 is 13.6 Å². The van der Waals surface area contributed by atoms with Crippen molar-refractivity contribution >= 4 is 12.1 Å². The molecule has 0 fully saturated rings. The molecule has 1 N–H and O–H groups in total. The molecule has 0 bridgehead atoms. The lowest BCUT2D eigenvalue weighted by Crippen LogP contribution is -2.17. The van der Waals surface area contributed by atoms with E-state index < -0.39 is 17.5 Å². The predicted octanol–water partition coefficient (Wildman–Crippen LogP) is 2.12. The van der Waals surface area contributed by atoms with Gasteiger partial charge in [-0.1, -0.05) is 6.07 Å². The van der Waals surface area contributed by atoms with Gasteiger partial charge in [-0.05, 0) is 24.3 Å². The van der Waals surface area contributed by atoms with Crippen molar-refractivity contribution in [2.75, 3.05) is 0 Å². The van der Waals surface area contributed by atoms with Crippen LogP contribution in [0.3, 0.4) is 0 Å². The third-order valence-electron chi connectivity index (χ3n) is 2.28. The molecule has 4 nitrogen and oxygen atoms in total. The van der Waals surface area contributed by atoms with Gasteiger partial charge in [-0.2, -0.15) is 5.10 Å². The van der Waals surface area contributed by atoms with E-state index in [1.807, 2.05) is 0 Å². The molecule has 2 rings (SSSR count). The number of amides is 1. The largest absolute Gasteiger partial charge is 0.272 e. The maximum absolute atomic E-state index is 13.2. The average Bonchev–Trinajstić information content (AvgIpc) is 2.43. The van der Waals surface area contributed by atoms with Crippen molar-refractivity contribution in [2.45, 2.75) is 0 Å². The summed E-state index contributed by atoms with van der Waals surface area (Å²) >= 11 is 0. The summed E-state index contributed by atoms with van der Waals surface area (Å²) in [6.45, 7) is 0. The first-order valence-corrected chi connectivity index (χ1v) is 5.36. The number of rotatable bonds is 3. The number of nitrogens with zero attached hydrogens (tertiary/aromatic N) is 2. The predicted molar refractivity (Wildman–Crippen MR) is 65.7 cm³/mol. The van der Waals surface area contributed by atoms with Gasteiger partial charge in [-0.3, -0.25) is 9.78 Å². The highest BCUT2D eigenvalue weighted by Crippen LogP contribution is 2.08. The van der Waals surface area contributed by atoms with Gasteiger partial charge in [0.05, 0.1) is 17.3 Å². The molecular formula is C13H9F2N3O. The lowest BCUT2D eigenvalue weighted by atomic mass is 10.2. The average molecular weight is 261 g/mol. The number of aromatic nitrogens is 1. The molecule has 1 aromatic heterocycles. The van der Waals surface area contributed by atoms with Crippen molar-refractivity contribution in [1.82, 2.24) is 10.4 Å². The first kappa shape index (κ1) is 12.8. The van der Waals surface area contributed by atoms with Crippen LogP contribution in [0.4, 0.5) is 8.78 Å². The summed E-state index contributed by atoms with van der Waals surface area (Å²) in [4.78, 5) is 15.3. The molecule has 0 atom stereocenters. The summed E-state index contributed by atoms with van der Waals surface area (Å²) < 4.78 is 26.5. The smallest absolute Gasteiger partial charge is 0.267 e. The summed E-state index contributed by atoms with van der Waals surface area (Å²) in [6, 6.07) is 6.59. The molecule has 0 radical (unpaired) electrons. The van der Waals surface area contributed by atoms with Gasteiger partial charge in [-0.25, -0.2) is 14.2 Å². The quantitative estimate of drug-likeness (QED) is 0.679. The second-order valence-electron chi connectivity index (χ2n) is 3.58. The van der Waals surface area contributed by atoms with E-state index in [4.69, 9.17) is 0 Å². The zero-order valence-electron chi connectivity index (χ0n) is 9.68. The first-order valence-electron chi connectivity index (χ1n) is 5.36. The Labute approximate surface area is 107 Å². The number of carbonyl (C=O) groups is 1. The fourth-order valence-electron chi connectivity index (χ4n) is 1.35. The zero-order chi connectivity index (χ0) is 13.7. The number of hydrazone groups is 1. The number of hydrogen-bond donors (Lipinski definition) is 1. The summed E-state index contributed by atoms with van der Waals surface area (Å²) in [6.07, 6.45) is 3.79. The number of nitrogens with one attached hydrogen (secondary N) is 1. The van der Waals surface area contributed by atoms with Crippen molar-refractivity contribution in [3.63, 3.8) is 0 Å². The fourth-order valence-corrected chi connectivity index (χ4v) is 1.35. The van der Waals surface area contributed by atoms with Gasteiger partial charge in [-0.15, -0.1) is 0 Å². The molecule has 1 amide bonds. The van der Waals surface area contributed by atoms with Crippen LogP contribution in [0.5, 0.6) is 0 Å². The Hall–Kier alpha value is -2.63. The molecule has 19 heavy (non-hydrogen) atoms. The van der Waals surface area contributed by atoms with Crippen LogP contribution in [0.2, 0.25) is 0 Å². The monoisotopic (exact) mass is 261 g/mol. The lowest BCUT2D eigenvalue weighted by Gasteiger charge is -2.00. The highest BCUT2D eigenvalue weighted by Gasteiger charge is 2.06. The van der Waals surface area contributed by atoms with E-state index in [1.54, 1.807) is 12.1 Å². The molecule has 0 saturated heterocycles. The summed E-state index contributed by atoms with van der Waals surface area (Å²) in [5, 5.41) is 3.51. The van der Waals surface area contributed by atoms with Gasteiger partial charge < -0.3 is 0 Å². The molecule has 96 valence electrons. The Morgan fingerprint density at radius 2 is 1.95 bits per heavy atom. The Morgan fingerprint density at radius 1 is 1.21 bits per heavy atom. The van der Waals surface area contributed by atoms with Crippen LogP contribution in [0.25, 0.3) is 0 Å². The number of pyridine rings is 1. The van der Waals surface area contributed by atoms with E-state index in [0.717, 1.165) is 18.3 Å². The van der Waals surface area contributed by atoms with Crippen molar-refractivity contribution in [1.29, 1.82) is 0 Å². The molecule has 0 unspecified atom stereocenters. The molecule has 0 spiro atoms. The van der Waals surface area contributed by atoms with Gasteiger partial charge in [0.2, 0.25) is 0 Å². The second kappa shape index (κ2) is 5.81. The van der Waals surface area contributed by atoms with Crippen LogP contribution in [0.1, 0.15) is 15.9 Å². The van der Waals surface area contributed by atoms with Crippen molar-refractivity contribution in [2.24, 2.45) is 5.10 Å². The van der Waals surface area contributed by atoms with Crippen molar-refractivity contribution in [3.05, 3.63) is 65.5 Å². The van der Waals surface area contributed by atoms with Crippen LogP contribution in [0.15, 0.2) is 47.8 Å². The Balaban J connectivity index is 2.07. The maximum atomic E-state index is 13.2. The van der Waals surface area contributed by atoms with Crippen LogP contribution in [0, 0.1) is 11.6 Å². The lowest BCUT2D eigenvalue weighted by molar-refractivity contribution is 0.0954. The second-order valence-corrected chi connectivity index (χ2v) is 3.58. The Kier molecular flexibility index (Phi) is 3.92. The van der Waals surface area contributed by atoms with Gasteiger partial charge in [0.1, 0.15) is 11.6 Å². The number of hydrogen-bond acceptors (Lipinski definition) is 3. The molecular weight excluding hydrogens is 252 g/mol. The summed E-state index contributed by atoms with van der Waals surface area (Å²) in [5.74, 6) is -2.01. The van der Waals surface area contributed by atoms with Crippen LogP contribution in [-0.4, -0.2) is 17.1 Å². The minimum Gasteiger partial charge on any atom is -0.267 e. The van der Waals surface area contributed by atoms with Gasteiger partial charge in [0.15, 0.2) is 0 Å². The summed E-state index contributed by atoms with van der Waals surface area (Å²) in [5.41, 5.74) is 2.15. The van der Waals surface area contributed by atoms with E-state index in [0.29, 0.717) is 5.56 Å². The minimum absolute atomic E-state index is 0.300. The Bertz CT molecular complexity index is 594. The van der Waals surface area contributed by atoms with Crippen LogP contribution >= 0.6 is 0 Å². The van der Waals surface area contributed by atoms with Gasteiger partial charge >= 0.3 is 0 Å². The van der Waals surface area contributed by atoms with Crippen LogP contribution < -0.4 is 5.43 Å². The van der Waals surface area contributed by atoms with E-state index in [9.17, 15) is 13.6 Å². The number of benzene rings is 1. The molecule has 0 saturated carbocycles. The summed E-state index contributed by atoms with van der Waals surface area (Å²) in [7, 11) is 0. The standard InChI is InChI=1S/C13H9F2N3O/c14-11-4-1-5-12(15)10(11)8-17-18-13(19)9-3-2-6-16-7-9/h1-8H,(H,18,19). The van der Waals surface area contributed by atoms with E-state index in [2.05, 4.69) is 15.5 Å². The normalized spacial score (nSPS) is 10.6.